The van der Waals surface area contributed by atoms with E-state index in [1.807, 2.05) is 0 Å². The molecule has 4 aliphatic rings. The van der Waals surface area contributed by atoms with Gasteiger partial charge in [0, 0.05) is 38.8 Å². The molecule has 3 atom stereocenters. The molecule has 0 bridgehead atoms. The third kappa shape index (κ3) is 1.98. The second kappa shape index (κ2) is 5.01. The fourth-order valence-corrected chi connectivity index (χ4v) is 4.74. The normalized spacial score (nSPS) is 33.2. The van der Waals surface area contributed by atoms with E-state index in [9.17, 15) is 0 Å². The lowest BCUT2D eigenvalue weighted by Gasteiger charge is -2.41. The van der Waals surface area contributed by atoms with Gasteiger partial charge >= 0.3 is 0 Å². The van der Waals surface area contributed by atoms with E-state index in [1.165, 1.54) is 38.0 Å². The molecule has 5 rings (SSSR count). The van der Waals surface area contributed by atoms with Crippen LogP contribution >= 0.6 is 0 Å². The standard InChI is InChI=1S/C17H24N4O/c1-2-12-9-20(10-13(12)3-1)14-6-16-17(19-8-14)21-5-4-18-7-15(21)11-22-16/h6,8,12-13,15,18H,1-5,7,9-11H2. The van der Waals surface area contributed by atoms with Gasteiger partial charge in [-0.2, -0.15) is 0 Å². The van der Waals surface area contributed by atoms with Gasteiger partial charge in [0.05, 0.1) is 17.9 Å². The molecule has 5 nitrogen and oxygen atoms in total. The first kappa shape index (κ1) is 13.0. The minimum Gasteiger partial charge on any atom is -0.487 e. The van der Waals surface area contributed by atoms with Crippen molar-refractivity contribution in [1.82, 2.24) is 10.3 Å². The fraction of sp³-hybridized carbons (Fsp3) is 0.706. The molecule has 4 heterocycles. The topological polar surface area (TPSA) is 40.6 Å². The molecule has 1 N–H and O–H groups in total. The molecule has 3 fully saturated rings. The summed E-state index contributed by atoms with van der Waals surface area (Å²) in [5.41, 5.74) is 1.25. The Balaban J connectivity index is 1.41. The van der Waals surface area contributed by atoms with Gasteiger partial charge < -0.3 is 19.9 Å². The Kier molecular flexibility index (Phi) is 2.96. The highest BCUT2D eigenvalue weighted by Crippen LogP contribution is 2.41. The molecule has 3 aliphatic heterocycles. The number of rotatable bonds is 1. The number of hydrogen-bond donors (Lipinski definition) is 1. The highest BCUT2D eigenvalue weighted by molar-refractivity contribution is 5.62. The van der Waals surface area contributed by atoms with Gasteiger partial charge in [0.1, 0.15) is 6.61 Å². The summed E-state index contributed by atoms with van der Waals surface area (Å²) in [6.45, 7) is 6.26. The first-order valence-corrected chi connectivity index (χ1v) is 8.73. The van der Waals surface area contributed by atoms with E-state index in [0.29, 0.717) is 6.04 Å². The Morgan fingerprint density at radius 1 is 1.23 bits per heavy atom. The zero-order valence-electron chi connectivity index (χ0n) is 13.0. The van der Waals surface area contributed by atoms with E-state index in [-0.39, 0.29) is 0 Å². The molecule has 1 aromatic heterocycles. The molecule has 1 saturated carbocycles. The van der Waals surface area contributed by atoms with Crippen LogP contribution in [-0.4, -0.2) is 50.4 Å². The second-order valence-electron chi connectivity index (χ2n) is 7.23. The van der Waals surface area contributed by atoms with E-state index in [0.717, 1.165) is 49.6 Å². The number of nitrogens with one attached hydrogen (secondary N) is 1. The minimum absolute atomic E-state index is 0.436. The van der Waals surface area contributed by atoms with Crippen molar-refractivity contribution in [2.45, 2.75) is 25.3 Å². The Hall–Kier alpha value is -1.49. The van der Waals surface area contributed by atoms with Crippen molar-refractivity contribution < 1.29 is 4.74 Å². The number of fused-ring (bicyclic) bond motifs is 4. The maximum absolute atomic E-state index is 6.02. The van der Waals surface area contributed by atoms with Crippen LogP contribution in [0, 0.1) is 11.8 Å². The van der Waals surface area contributed by atoms with Crippen molar-refractivity contribution in [1.29, 1.82) is 0 Å². The molecule has 118 valence electrons. The molecule has 1 aromatic rings. The van der Waals surface area contributed by atoms with E-state index < -0.39 is 0 Å². The monoisotopic (exact) mass is 300 g/mol. The molecule has 0 radical (unpaired) electrons. The van der Waals surface area contributed by atoms with Crippen molar-refractivity contribution in [3.8, 4) is 5.75 Å². The van der Waals surface area contributed by atoms with Gasteiger partial charge in [-0.3, -0.25) is 0 Å². The Bertz CT molecular complexity index is 566. The average molecular weight is 300 g/mol. The van der Waals surface area contributed by atoms with Crippen LogP contribution < -0.4 is 19.9 Å². The molecule has 1 aliphatic carbocycles. The van der Waals surface area contributed by atoms with Crippen molar-refractivity contribution >= 4 is 11.5 Å². The second-order valence-corrected chi connectivity index (χ2v) is 7.23. The lowest BCUT2D eigenvalue weighted by molar-refractivity contribution is 0.244. The maximum atomic E-state index is 6.02. The predicted molar refractivity (Wildman–Crippen MR) is 86.8 cm³/mol. The van der Waals surface area contributed by atoms with Crippen molar-refractivity contribution in [3.05, 3.63) is 12.3 Å². The third-order valence-corrected chi connectivity index (χ3v) is 5.96. The number of piperazine rings is 1. The number of nitrogens with zero attached hydrogens (tertiary/aromatic N) is 3. The molecule has 0 aromatic carbocycles. The van der Waals surface area contributed by atoms with Crippen LogP contribution in [-0.2, 0) is 0 Å². The summed E-state index contributed by atoms with van der Waals surface area (Å²) < 4.78 is 6.02. The lowest BCUT2D eigenvalue weighted by atomic mass is 10.0. The fourth-order valence-electron chi connectivity index (χ4n) is 4.74. The molecule has 5 heteroatoms. The number of hydrogen-bond acceptors (Lipinski definition) is 5. The van der Waals surface area contributed by atoms with Gasteiger partial charge in [-0.1, -0.05) is 6.42 Å². The summed E-state index contributed by atoms with van der Waals surface area (Å²) in [5, 5.41) is 3.44. The van der Waals surface area contributed by atoms with Gasteiger partial charge in [-0.15, -0.1) is 0 Å². The lowest BCUT2D eigenvalue weighted by Crippen LogP contribution is -2.56. The molecule has 0 spiro atoms. The number of ether oxygens (including phenoxy) is 1. The summed E-state index contributed by atoms with van der Waals surface area (Å²) in [5.74, 6) is 3.85. The summed E-state index contributed by atoms with van der Waals surface area (Å²) in [6.07, 6.45) is 6.32. The minimum atomic E-state index is 0.436. The Labute approximate surface area is 131 Å². The van der Waals surface area contributed by atoms with Crippen molar-refractivity contribution in [2.24, 2.45) is 11.8 Å². The van der Waals surface area contributed by atoms with Crippen LogP contribution in [0.2, 0.25) is 0 Å². The van der Waals surface area contributed by atoms with Crippen LogP contribution in [0.5, 0.6) is 5.75 Å². The molecular weight excluding hydrogens is 276 g/mol. The highest BCUT2D eigenvalue weighted by Gasteiger charge is 2.37. The molecular formula is C17H24N4O. The number of anilines is 2. The highest BCUT2D eigenvalue weighted by atomic mass is 16.5. The summed E-state index contributed by atoms with van der Waals surface area (Å²) >= 11 is 0. The van der Waals surface area contributed by atoms with Crippen LogP contribution in [0.15, 0.2) is 12.3 Å². The quantitative estimate of drug-likeness (QED) is 0.851. The zero-order valence-corrected chi connectivity index (χ0v) is 13.0. The van der Waals surface area contributed by atoms with Crippen molar-refractivity contribution in [3.63, 3.8) is 0 Å². The van der Waals surface area contributed by atoms with Crippen LogP contribution in [0.25, 0.3) is 0 Å². The van der Waals surface area contributed by atoms with E-state index >= 15 is 0 Å². The van der Waals surface area contributed by atoms with E-state index in [1.54, 1.807) is 0 Å². The largest absolute Gasteiger partial charge is 0.487 e. The Morgan fingerprint density at radius 2 is 2.09 bits per heavy atom. The van der Waals surface area contributed by atoms with Crippen molar-refractivity contribution in [2.75, 3.05) is 49.1 Å². The predicted octanol–water partition coefficient (Wildman–Crippen LogP) is 1.49. The van der Waals surface area contributed by atoms with Gasteiger partial charge in [0.15, 0.2) is 11.6 Å². The van der Waals surface area contributed by atoms with Gasteiger partial charge in [-0.05, 0) is 24.7 Å². The first-order valence-electron chi connectivity index (χ1n) is 8.73. The number of pyridine rings is 1. The van der Waals surface area contributed by atoms with Gasteiger partial charge in [0.25, 0.3) is 0 Å². The maximum Gasteiger partial charge on any atom is 0.171 e. The van der Waals surface area contributed by atoms with Crippen LogP contribution in [0.4, 0.5) is 11.5 Å². The molecule has 0 amide bonds. The zero-order chi connectivity index (χ0) is 14.5. The van der Waals surface area contributed by atoms with Crippen LogP contribution in [0.1, 0.15) is 19.3 Å². The van der Waals surface area contributed by atoms with Gasteiger partial charge in [0.2, 0.25) is 0 Å². The molecule has 2 saturated heterocycles. The van der Waals surface area contributed by atoms with E-state index in [4.69, 9.17) is 9.72 Å². The van der Waals surface area contributed by atoms with E-state index in [2.05, 4.69) is 27.4 Å². The SMILES string of the molecule is c1nc2c(cc1N1CC3CCCC3C1)OCC1CNCCN21. The first-order chi connectivity index (χ1) is 10.9. The number of aromatic nitrogens is 1. The van der Waals surface area contributed by atoms with Crippen LogP contribution in [0.3, 0.4) is 0 Å². The summed E-state index contributed by atoms with van der Waals surface area (Å²) in [7, 11) is 0. The summed E-state index contributed by atoms with van der Waals surface area (Å²) in [4.78, 5) is 9.71. The van der Waals surface area contributed by atoms with Gasteiger partial charge in [-0.25, -0.2) is 4.98 Å². The summed E-state index contributed by atoms with van der Waals surface area (Å²) in [6, 6.07) is 2.66. The Morgan fingerprint density at radius 3 is 2.95 bits per heavy atom. The smallest absolute Gasteiger partial charge is 0.171 e. The average Bonchev–Trinajstić information content (AvgIpc) is 3.16. The molecule has 3 unspecified atom stereocenters. The molecule has 22 heavy (non-hydrogen) atoms. The third-order valence-electron chi connectivity index (χ3n) is 5.96.